The number of rotatable bonds is 4. The van der Waals surface area contributed by atoms with E-state index < -0.39 is 11.7 Å². The Morgan fingerprint density at radius 3 is 2.50 bits per heavy atom. The molecule has 3 heterocycles. The van der Waals surface area contributed by atoms with Gasteiger partial charge in [-0.05, 0) is 70.7 Å². The smallest absolute Gasteiger partial charge is 0.411 e. The fourth-order valence-electron chi connectivity index (χ4n) is 3.98. The van der Waals surface area contributed by atoms with Crippen LogP contribution >= 0.6 is 0 Å². The summed E-state index contributed by atoms with van der Waals surface area (Å²) in [6.07, 6.45) is 3.72. The fourth-order valence-corrected chi connectivity index (χ4v) is 3.98. The lowest BCUT2D eigenvalue weighted by molar-refractivity contribution is -0.0760. The number of aromatic nitrogens is 2. The zero-order chi connectivity index (χ0) is 23.5. The Morgan fingerprint density at radius 2 is 1.84 bits per heavy atom. The molecular weight excluding hydrogens is 408 g/mol. The first-order valence-corrected chi connectivity index (χ1v) is 10.8. The third kappa shape index (κ3) is 5.24. The molecule has 8 nitrogen and oxygen atoms in total. The predicted molar refractivity (Wildman–Crippen MR) is 120 cm³/mol. The highest BCUT2D eigenvalue weighted by Gasteiger charge is 2.40. The second kappa shape index (κ2) is 9.65. The maximum absolute atomic E-state index is 13.4. The van der Waals surface area contributed by atoms with Crippen LogP contribution in [0.3, 0.4) is 0 Å². The molecule has 1 aliphatic heterocycles. The zero-order valence-electron chi connectivity index (χ0n) is 19.7. The average Bonchev–Trinajstić information content (AvgIpc) is 2.76. The number of amides is 2. The molecule has 0 saturated carbocycles. The highest BCUT2D eigenvalue weighted by molar-refractivity contribution is 5.91. The van der Waals surface area contributed by atoms with Gasteiger partial charge in [0.2, 0.25) is 0 Å². The van der Waals surface area contributed by atoms with Crippen molar-refractivity contribution in [2.75, 3.05) is 14.2 Å². The average molecular weight is 441 g/mol. The minimum atomic E-state index is -0.644. The van der Waals surface area contributed by atoms with Crippen LogP contribution in [0.25, 0.3) is 0 Å². The molecule has 2 atom stereocenters. The molecule has 0 radical (unpaired) electrons. The summed E-state index contributed by atoms with van der Waals surface area (Å²) in [6.45, 7) is 7.55. The Morgan fingerprint density at radius 1 is 1.12 bits per heavy atom. The summed E-state index contributed by atoms with van der Waals surface area (Å²) in [7, 11) is 2.96. The molecule has 0 spiro atoms. The molecule has 0 N–H and O–H groups in total. The summed E-state index contributed by atoms with van der Waals surface area (Å²) in [4.78, 5) is 41.9. The SMILES string of the molecule is CON(C)C(=O)c1cccc([C@H]2CCC[C@@H](c3ncccc3C)N2C(=O)OC(C)(C)C)n1. The van der Waals surface area contributed by atoms with Gasteiger partial charge in [0, 0.05) is 13.2 Å². The van der Waals surface area contributed by atoms with Gasteiger partial charge in [-0.3, -0.25) is 19.5 Å². The number of carbonyl (C=O) groups excluding carboxylic acids is 2. The number of piperidine rings is 1. The van der Waals surface area contributed by atoms with Gasteiger partial charge in [0.25, 0.3) is 5.91 Å². The fraction of sp³-hybridized carbons (Fsp3) is 0.500. The Kier molecular flexibility index (Phi) is 7.13. The van der Waals surface area contributed by atoms with Crippen molar-refractivity contribution >= 4 is 12.0 Å². The van der Waals surface area contributed by atoms with E-state index in [4.69, 9.17) is 9.57 Å². The number of nitrogens with zero attached hydrogens (tertiary/aromatic N) is 4. The molecule has 172 valence electrons. The van der Waals surface area contributed by atoms with Crippen LogP contribution in [0.4, 0.5) is 4.79 Å². The van der Waals surface area contributed by atoms with Crippen molar-refractivity contribution in [3.05, 3.63) is 59.2 Å². The first-order valence-electron chi connectivity index (χ1n) is 10.8. The Balaban J connectivity index is 2.04. The van der Waals surface area contributed by atoms with Crippen LogP contribution in [-0.2, 0) is 9.57 Å². The summed E-state index contributed by atoms with van der Waals surface area (Å²) in [6, 6.07) is 8.57. The Labute approximate surface area is 189 Å². The minimum Gasteiger partial charge on any atom is -0.444 e. The molecule has 1 fully saturated rings. The molecule has 8 heteroatoms. The molecule has 0 bridgehead atoms. The summed E-state index contributed by atoms with van der Waals surface area (Å²) in [5, 5.41) is 1.12. The van der Waals surface area contributed by atoms with Gasteiger partial charge in [-0.25, -0.2) is 14.8 Å². The maximum atomic E-state index is 13.4. The summed E-state index contributed by atoms with van der Waals surface area (Å²) < 4.78 is 5.79. The Bertz CT molecular complexity index is 972. The van der Waals surface area contributed by atoms with Gasteiger partial charge >= 0.3 is 6.09 Å². The quantitative estimate of drug-likeness (QED) is 0.645. The van der Waals surface area contributed by atoms with Crippen LogP contribution < -0.4 is 0 Å². The first-order chi connectivity index (χ1) is 15.1. The highest BCUT2D eigenvalue weighted by Crippen LogP contribution is 2.42. The lowest BCUT2D eigenvalue weighted by Crippen LogP contribution is -2.44. The van der Waals surface area contributed by atoms with Crippen molar-refractivity contribution in [3.8, 4) is 0 Å². The number of likely N-dealkylation sites (tertiary alicyclic amines) is 1. The van der Waals surface area contributed by atoms with Gasteiger partial charge in [-0.15, -0.1) is 0 Å². The van der Waals surface area contributed by atoms with Crippen LogP contribution in [-0.4, -0.2) is 51.7 Å². The number of hydrogen-bond acceptors (Lipinski definition) is 6. The molecule has 1 aliphatic rings. The third-order valence-electron chi connectivity index (χ3n) is 5.49. The van der Waals surface area contributed by atoms with Crippen LogP contribution in [0.1, 0.15) is 79.6 Å². The zero-order valence-corrected chi connectivity index (χ0v) is 19.7. The number of carbonyl (C=O) groups is 2. The van der Waals surface area contributed by atoms with E-state index in [0.29, 0.717) is 12.1 Å². The van der Waals surface area contributed by atoms with Crippen LogP contribution in [0.5, 0.6) is 0 Å². The molecule has 2 aromatic rings. The molecule has 2 amide bonds. The molecule has 1 saturated heterocycles. The number of hydrogen-bond donors (Lipinski definition) is 0. The number of aryl methyl sites for hydroxylation is 1. The van der Waals surface area contributed by atoms with Gasteiger partial charge in [0.05, 0.1) is 30.6 Å². The van der Waals surface area contributed by atoms with Crippen molar-refractivity contribution in [1.82, 2.24) is 19.9 Å². The monoisotopic (exact) mass is 440 g/mol. The van der Waals surface area contributed by atoms with E-state index in [-0.39, 0.29) is 23.7 Å². The van der Waals surface area contributed by atoms with E-state index in [9.17, 15) is 9.59 Å². The van der Waals surface area contributed by atoms with E-state index in [1.165, 1.54) is 14.2 Å². The van der Waals surface area contributed by atoms with Crippen LogP contribution in [0, 0.1) is 6.92 Å². The number of ether oxygens (including phenoxy) is 1. The molecule has 3 rings (SSSR count). The highest BCUT2D eigenvalue weighted by atomic mass is 16.7. The second-order valence-corrected chi connectivity index (χ2v) is 8.99. The molecule has 0 aliphatic carbocycles. The van der Waals surface area contributed by atoms with Crippen molar-refractivity contribution in [3.63, 3.8) is 0 Å². The number of pyridine rings is 2. The van der Waals surface area contributed by atoms with Crippen molar-refractivity contribution < 1.29 is 19.2 Å². The molecular formula is C24H32N4O4. The summed E-state index contributed by atoms with van der Waals surface area (Å²) in [5.74, 6) is -0.355. The standard InChI is InChI=1S/C24H32N4O4/c1-16-10-9-15-25-21(16)20-14-8-13-19(28(20)23(30)32-24(2,3)4)17-11-7-12-18(26-17)22(29)27(5)31-6/h7,9-12,15,19-20H,8,13-14H2,1-6H3/t19-,20+/m1/s1. The van der Waals surface area contributed by atoms with Gasteiger partial charge in [0.1, 0.15) is 11.3 Å². The van der Waals surface area contributed by atoms with E-state index in [0.717, 1.165) is 29.2 Å². The third-order valence-corrected chi connectivity index (χ3v) is 5.49. The van der Waals surface area contributed by atoms with E-state index in [1.807, 2.05) is 45.9 Å². The largest absolute Gasteiger partial charge is 0.444 e. The summed E-state index contributed by atoms with van der Waals surface area (Å²) in [5.41, 5.74) is 2.13. The van der Waals surface area contributed by atoms with E-state index in [1.54, 1.807) is 23.2 Å². The lowest BCUT2D eigenvalue weighted by Gasteiger charge is -2.42. The predicted octanol–water partition coefficient (Wildman–Crippen LogP) is 4.62. The van der Waals surface area contributed by atoms with Gasteiger partial charge < -0.3 is 4.74 Å². The van der Waals surface area contributed by atoms with Crippen LogP contribution in [0.15, 0.2) is 36.5 Å². The second-order valence-electron chi connectivity index (χ2n) is 8.99. The van der Waals surface area contributed by atoms with Crippen molar-refractivity contribution in [2.24, 2.45) is 0 Å². The Hall–Kier alpha value is -3.00. The lowest BCUT2D eigenvalue weighted by atomic mass is 9.90. The maximum Gasteiger partial charge on any atom is 0.411 e. The molecule has 2 aromatic heterocycles. The molecule has 32 heavy (non-hydrogen) atoms. The van der Waals surface area contributed by atoms with Crippen molar-refractivity contribution in [2.45, 2.75) is 64.6 Å². The van der Waals surface area contributed by atoms with E-state index >= 15 is 0 Å². The van der Waals surface area contributed by atoms with Gasteiger partial charge in [0.15, 0.2) is 0 Å². The molecule has 0 unspecified atom stereocenters. The summed E-state index contributed by atoms with van der Waals surface area (Å²) >= 11 is 0. The number of hydroxylamine groups is 2. The van der Waals surface area contributed by atoms with Gasteiger partial charge in [-0.1, -0.05) is 12.1 Å². The molecule has 0 aromatic carbocycles. The minimum absolute atomic E-state index is 0.243. The van der Waals surface area contributed by atoms with E-state index in [2.05, 4.69) is 9.97 Å². The first kappa shape index (κ1) is 23.7. The van der Waals surface area contributed by atoms with Crippen molar-refractivity contribution in [1.29, 1.82) is 0 Å². The normalized spacial score (nSPS) is 18.9. The topological polar surface area (TPSA) is 84.9 Å². The van der Waals surface area contributed by atoms with Gasteiger partial charge in [-0.2, -0.15) is 0 Å². The van der Waals surface area contributed by atoms with Crippen LogP contribution in [0.2, 0.25) is 0 Å².